The normalized spacial score (nSPS) is 34.2. The van der Waals surface area contributed by atoms with Crippen LogP contribution in [0.25, 0.3) is 0 Å². The lowest BCUT2D eigenvalue weighted by Crippen LogP contribution is -2.16. The maximum Gasteiger partial charge on any atom is 0.194 e. The lowest BCUT2D eigenvalue weighted by molar-refractivity contribution is 0.231. The number of alkyl halides is 1. The van der Waals surface area contributed by atoms with E-state index in [1.54, 1.807) is 0 Å². The summed E-state index contributed by atoms with van der Waals surface area (Å²) in [6.07, 6.45) is 5.47. The van der Waals surface area contributed by atoms with E-state index in [0.29, 0.717) is 30.6 Å². The van der Waals surface area contributed by atoms with Gasteiger partial charge in [0.2, 0.25) is 0 Å². The minimum absolute atomic E-state index is 0.263. The van der Waals surface area contributed by atoms with E-state index in [4.69, 9.17) is 0 Å². The smallest absolute Gasteiger partial charge is 0.194 e. The van der Waals surface area contributed by atoms with Crippen LogP contribution in [0.1, 0.15) is 63.4 Å². The van der Waals surface area contributed by atoms with Gasteiger partial charge < -0.3 is 0 Å². The predicted molar refractivity (Wildman–Crippen MR) is 82.4 cm³/mol. The highest BCUT2D eigenvalue weighted by atomic mass is 19.2. The summed E-state index contributed by atoms with van der Waals surface area (Å²) in [7, 11) is 0. The SMILES string of the molecule is CCCC1CC2CCC(c3cc(F)c(F)c(F)c3)C(F)CC2C1. The quantitative estimate of drug-likeness (QED) is 0.461. The lowest BCUT2D eigenvalue weighted by atomic mass is 9.88. The van der Waals surface area contributed by atoms with Gasteiger partial charge in [0.05, 0.1) is 0 Å². The van der Waals surface area contributed by atoms with Gasteiger partial charge in [0.15, 0.2) is 17.5 Å². The summed E-state index contributed by atoms with van der Waals surface area (Å²) in [5, 5.41) is 0. The Labute approximate surface area is 135 Å². The molecule has 2 aliphatic carbocycles. The van der Waals surface area contributed by atoms with Gasteiger partial charge in [-0.15, -0.1) is 0 Å². The zero-order valence-corrected chi connectivity index (χ0v) is 13.5. The van der Waals surface area contributed by atoms with E-state index >= 15 is 0 Å². The molecule has 3 rings (SSSR count). The monoisotopic (exact) mass is 328 g/mol. The van der Waals surface area contributed by atoms with Crippen LogP contribution in [0.2, 0.25) is 0 Å². The summed E-state index contributed by atoms with van der Waals surface area (Å²) in [4.78, 5) is 0. The molecule has 5 unspecified atom stereocenters. The van der Waals surface area contributed by atoms with Crippen molar-refractivity contribution in [2.45, 2.75) is 64.0 Å². The first-order valence-corrected chi connectivity index (χ1v) is 8.78. The summed E-state index contributed by atoms with van der Waals surface area (Å²) < 4.78 is 54.8. The Morgan fingerprint density at radius 2 is 1.61 bits per heavy atom. The summed E-state index contributed by atoms with van der Waals surface area (Å²) in [5.74, 6) is -2.81. The van der Waals surface area contributed by atoms with Crippen molar-refractivity contribution in [2.75, 3.05) is 0 Å². The van der Waals surface area contributed by atoms with E-state index in [-0.39, 0.29) is 5.56 Å². The van der Waals surface area contributed by atoms with E-state index in [1.807, 2.05) is 0 Å². The molecule has 0 bridgehead atoms. The zero-order chi connectivity index (χ0) is 16.6. The molecule has 2 saturated carbocycles. The first kappa shape index (κ1) is 16.8. The second kappa shape index (κ2) is 6.82. The largest absolute Gasteiger partial charge is 0.247 e. The van der Waals surface area contributed by atoms with Crippen LogP contribution < -0.4 is 0 Å². The molecule has 0 saturated heterocycles. The van der Waals surface area contributed by atoms with E-state index in [9.17, 15) is 17.6 Å². The minimum Gasteiger partial charge on any atom is -0.247 e. The second-order valence-electron chi connectivity index (χ2n) is 7.38. The molecule has 0 aromatic heterocycles. The molecule has 4 heteroatoms. The number of rotatable bonds is 3. The number of hydrogen-bond acceptors (Lipinski definition) is 0. The van der Waals surface area contributed by atoms with Crippen LogP contribution in [0.5, 0.6) is 0 Å². The molecule has 0 N–H and O–H groups in total. The minimum atomic E-state index is -1.47. The number of fused-ring (bicyclic) bond motifs is 1. The van der Waals surface area contributed by atoms with Crippen LogP contribution >= 0.6 is 0 Å². The Morgan fingerprint density at radius 3 is 2.26 bits per heavy atom. The zero-order valence-electron chi connectivity index (χ0n) is 13.5. The third-order valence-electron chi connectivity index (χ3n) is 5.88. The van der Waals surface area contributed by atoms with Crippen LogP contribution in [0, 0.1) is 35.2 Å². The third-order valence-corrected chi connectivity index (χ3v) is 5.88. The molecule has 1 aromatic carbocycles. The highest BCUT2D eigenvalue weighted by Gasteiger charge is 2.40. The van der Waals surface area contributed by atoms with Gasteiger partial charge >= 0.3 is 0 Å². The molecule has 0 spiro atoms. The topological polar surface area (TPSA) is 0 Å². The van der Waals surface area contributed by atoms with Gasteiger partial charge in [0.1, 0.15) is 6.17 Å². The Kier molecular flexibility index (Phi) is 4.98. The van der Waals surface area contributed by atoms with Crippen LogP contribution in [-0.2, 0) is 0 Å². The molecule has 0 aliphatic heterocycles. The first-order valence-electron chi connectivity index (χ1n) is 8.78. The average Bonchev–Trinajstić information content (AvgIpc) is 2.79. The Hall–Kier alpha value is -1.06. The molecule has 0 radical (unpaired) electrons. The molecular formula is C19H24F4. The predicted octanol–water partition coefficient (Wildman–Crippen LogP) is 6.15. The van der Waals surface area contributed by atoms with Gasteiger partial charge in [-0.25, -0.2) is 17.6 Å². The fourth-order valence-electron chi connectivity index (χ4n) is 4.82. The number of benzene rings is 1. The summed E-state index contributed by atoms with van der Waals surface area (Å²) >= 11 is 0. The van der Waals surface area contributed by atoms with Crippen molar-refractivity contribution in [3.63, 3.8) is 0 Å². The average molecular weight is 328 g/mol. The standard InChI is InChI=1S/C19H24F4/c1-2-3-11-6-12-4-5-15(16(20)8-13(12)7-11)14-9-17(21)19(23)18(22)10-14/h9-13,15-16H,2-8H2,1H3. The highest BCUT2D eigenvalue weighted by molar-refractivity contribution is 5.24. The van der Waals surface area contributed by atoms with Crippen LogP contribution in [0.3, 0.4) is 0 Å². The third kappa shape index (κ3) is 3.41. The van der Waals surface area contributed by atoms with E-state index < -0.39 is 29.5 Å². The Balaban J connectivity index is 1.75. The van der Waals surface area contributed by atoms with E-state index in [2.05, 4.69) is 6.92 Å². The van der Waals surface area contributed by atoms with Gasteiger partial charge in [-0.05, 0) is 67.6 Å². The van der Waals surface area contributed by atoms with Crippen molar-refractivity contribution in [1.29, 1.82) is 0 Å². The number of halogens is 4. The van der Waals surface area contributed by atoms with Crippen LogP contribution in [0.15, 0.2) is 12.1 Å². The first-order chi connectivity index (χ1) is 11.0. The Morgan fingerprint density at radius 1 is 0.957 bits per heavy atom. The van der Waals surface area contributed by atoms with E-state index in [0.717, 1.165) is 31.4 Å². The van der Waals surface area contributed by atoms with Gasteiger partial charge in [-0.1, -0.05) is 19.8 Å². The molecule has 128 valence electrons. The summed E-state index contributed by atoms with van der Waals surface area (Å²) in [6, 6.07) is 1.94. The van der Waals surface area contributed by atoms with Crippen molar-refractivity contribution in [3.8, 4) is 0 Å². The van der Waals surface area contributed by atoms with Crippen molar-refractivity contribution in [1.82, 2.24) is 0 Å². The second-order valence-corrected chi connectivity index (χ2v) is 7.38. The van der Waals surface area contributed by atoms with Crippen LogP contribution in [-0.4, -0.2) is 6.17 Å². The van der Waals surface area contributed by atoms with Gasteiger partial charge in [0.25, 0.3) is 0 Å². The van der Waals surface area contributed by atoms with Crippen molar-refractivity contribution in [2.24, 2.45) is 17.8 Å². The van der Waals surface area contributed by atoms with Gasteiger partial charge in [-0.3, -0.25) is 0 Å². The van der Waals surface area contributed by atoms with Crippen molar-refractivity contribution < 1.29 is 17.6 Å². The van der Waals surface area contributed by atoms with Crippen molar-refractivity contribution >= 4 is 0 Å². The fourth-order valence-corrected chi connectivity index (χ4v) is 4.82. The summed E-state index contributed by atoms with van der Waals surface area (Å²) in [5.41, 5.74) is 0.263. The molecule has 5 atom stereocenters. The maximum absolute atomic E-state index is 14.8. The molecular weight excluding hydrogens is 304 g/mol. The molecule has 0 amide bonds. The molecule has 2 aliphatic rings. The van der Waals surface area contributed by atoms with Crippen LogP contribution in [0.4, 0.5) is 17.6 Å². The Bertz CT molecular complexity index is 533. The lowest BCUT2D eigenvalue weighted by Gasteiger charge is -2.21. The van der Waals surface area contributed by atoms with Gasteiger partial charge in [0, 0.05) is 5.92 Å². The fraction of sp³-hybridized carbons (Fsp3) is 0.684. The van der Waals surface area contributed by atoms with E-state index in [1.165, 1.54) is 12.8 Å². The summed E-state index contributed by atoms with van der Waals surface area (Å²) in [6.45, 7) is 2.18. The maximum atomic E-state index is 14.8. The molecule has 0 heterocycles. The molecule has 2 fully saturated rings. The molecule has 23 heavy (non-hydrogen) atoms. The number of hydrogen-bond donors (Lipinski definition) is 0. The van der Waals surface area contributed by atoms with Gasteiger partial charge in [-0.2, -0.15) is 0 Å². The van der Waals surface area contributed by atoms with Crippen molar-refractivity contribution in [3.05, 3.63) is 35.1 Å². The molecule has 0 nitrogen and oxygen atoms in total. The molecule has 1 aromatic rings. The highest BCUT2D eigenvalue weighted by Crippen LogP contribution is 2.49.